The van der Waals surface area contributed by atoms with Crippen molar-refractivity contribution in [2.75, 3.05) is 32.2 Å². The predicted octanol–water partition coefficient (Wildman–Crippen LogP) is 4.50. The van der Waals surface area contributed by atoms with Gasteiger partial charge in [-0.05, 0) is 48.9 Å². The fraction of sp³-hybridized carbons (Fsp3) is 0.462. The number of halogens is 1. The lowest BCUT2D eigenvalue weighted by Gasteiger charge is -2.32. The number of benzene rings is 1. The monoisotopic (exact) mass is 481 g/mol. The molecule has 0 N–H and O–H groups in total. The average Bonchev–Trinajstić information content (AvgIpc) is 3.28. The summed E-state index contributed by atoms with van der Waals surface area (Å²) in [5.41, 5.74) is 2.43. The van der Waals surface area contributed by atoms with Crippen LogP contribution in [0.5, 0.6) is 11.6 Å². The Balaban J connectivity index is 1.39. The van der Waals surface area contributed by atoms with Gasteiger partial charge >= 0.3 is 0 Å². The fourth-order valence-electron chi connectivity index (χ4n) is 4.52. The summed E-state index contributed by atoms with van der Waals surface area (Å²) in [6, 6.07) is 8.49. The van der Waals surface area contributed by atoms with Crippen molar-refractivity contribution in [2.45, 2.75) is 45.6 Å². The van der Waals surface area contributed by atoms with Gasteiger partial charge in [-0.25, -0.2) is 14.4 Å². The minimum absolute atomic E-state index is 0.167. The van der Waals surface area contributed by atoms with Gasteiger partial charge in [0, 0.05) is 36.8 Å². The maximum Gasteiger partial charge on any atom is 0.218 e. The van der Waals surface area contributed by atoms with E-state index in [2.05, 4.69) is 28.7 Å². The second-order valence-electron chi connectivity index (χ2n) is 9.21. The van der Waals surface area contributed by atoms with E-state index in [1.807, 2.05) is 12.1 Å². The van der Waals surface area contributed by atoms with E-state index < -0.39 is 5.82 Å². The number of anilines is 1. The molecule has 1 aliphatic heterocycles. The van der Waals surface area contributed by atoms with E-state index in [0.29, 0.717) is 23.9 Å². The van der Waals surface area contributed by atoms with Gasteiger partial charge in [0.05, 0.1) is 26.5 Å². The van der Waals surface area contributed by atoms with Crippen LogP contribution in [0.4, 0.5) is 10.2 Å². The van der Waals surface area contributed by atoms with Gasteiger partial charge in [0.1, 0.15) is 12.1 Å². The zero-order chi connectivity index (χ0) is 24.9. The number of ether oxygens (including phenoxy) is 2. The van der Waals surface area contributed by atoms with Crippen LogP contribution in [0, 0.1) is 11.7 Å². The topological polar surface area (TPSA) is 82.4 Å². The summed E-state index contributed by atoms with van der Waals surface area (Å²) >= 11 is 0. The van der Waals surface area contributed by atoms with Crippen molar-refractivity contribution >= 4 is 11.6 Å². The molecule has 0 amide bonds. The number of nitrogens with zero attached hydrogens (tertiary/aromatic N) is 5. The minimum atomic E-state index is -0.417. The number of hydrogen-bond acceptors (Lipinski definition) is 7. The Morgan fingerprint density at radius 2 is 1.89 bits per heavy atom. The Hall–Kier alpha value is -3.49. The Morgan fingerprint density at radius 1 is 1.11 bits per heavy atom. The van der Waals surface area contributed by atoms with E-state index in [4.69, 9.17) is 14.6 Å². The maximum atomic E-state index is 13.8. The smallest absolute Gasteiger partial charge is 0.218 e. The van der Waals surface area contributed by atoms with Gasteiger partial charge < -0.3 is 14.4 Å². The lowest BCUT2D eigenvalue weighted by Crippen LogP contribution is -2.35. The summed E-state index contributed by atoms with van der Waals surface area (Å²) in [7, 11) is 3.03. The van der Waals surface area contributed by atoms with Gasteiger partial charge in [-0.15, -0.1) is 0 Å². The quantitative estimate of drug-likeness (QED) is 0.445. The molecule has 186 valence electrons. The number of piperidine rings is 1. The molecule has 9 heteroatoms. The molecule has 1 fully saturated rings. The van der Waals surface area contributed by atoms with Crippen LogP contribution >= 0.6 is 0 Å². The summed E-state index contributed by atoms with van der Waals surface area (Å²) in [5, 5.41) is 4.69. The van der Waals surface area contributed by atoms with Gasteiger partial charge in [0.15, 0.2) is 17.3 Å². The highest BCUT2D eigenvalue weighted by Crippen LogP contribution is 2.29. The number of carbonyl (C=O) groups is 1. The lowest BCUT2D eigenvalue weighted by molar-refractivity contribution is -0.120. The van der Waals surface area contributed by atoms with Crippen LogP contribution in [0.3, 0.4) is 0 Å². The summed E-state index contributed by atoms with van der Waals surface area (Å²) in [6.45, 7) is 6.06. The Labute approximate surface area is 205 Å². The number of aromatic nitrogens is 4. The van der Waals surface area contributed by atoms with E-state index in [0.717, 1.165) is 43.0 Å². The standard InChI is InChI=1S/C26H32FN5O3/c1-17(2)23-13-22(19-5-6-21(27)24(12-19)34-3)30-32(23)15-20(33)11-18-7-9-31(10-8-18)25-14-26(35-4)29-16-28-25/h5-6,12-14,16-18H,7-11,15H2,1-4H3. The van der Waals surface area contributed by atoms with Crippen molar-refractivity contribution in [3.8, 4) is 22.9 Å². The first-order valence-corrected chi connectivity index (χ1v) is 11.9. The van der Waals surface area contributed by atoms with E-state index in [1.165, 1.54) is 19.5 Å². The molecule has 0 bridgehead atoms. The first kappa shape index (κ1) is 24.6. The third kappa shape index (κ3) is 5.78. The van der Waals surface area contributed by atoms with Crippen molar-refractivity contribution in [1.82, 2.24) is 19.7 Å². The van der Waals surface area contributed by atoms with Crippen LogP contribution in [0.25, 0.3) is 11.3 Å². The highest BCUT2D eigenvalue weighted by molar-refractivity contribution is 5.78. The first-order chi connectivity index (χ1) is 16.9. The zero-order valence-corrected chi connectivity index (χ0v) is 20.7. The molecule has 2 aromatic heterocycles. The molecule has 0 aliphatic carbocycles. The Kier molecular flexibility index (Phi) is 7.63. The number of hydrogen-bond donors (Lipinski definition) is 0. The molecule has 8 nitrogen and oxygen atoms in total. The number of carbonyl (C=O) groups excluding carboxylic acids is 1. The second kappa shape index (κ2) is 10.8. The van der Waals surface area contributed by atoms with E-state index in [-0.39, 0.29) is 24.0 Å². The summed E-state index contributed by atoms with van der Waals surface area (Å²) in [5.74, 6) is 1.85. The van der Waals surface area contributed by atoms with Gasteiger partial charge in [-0.1, -0.05) is 13.8 Å². The largest absolute Gasteiger partial charge is 0.494 e. The third-order valence-electron chi connectivity index (χ3n) is 6.47. The number of methoxy groups -OCH3 is 2. The number of rotatable bonds is 9. The molecule has 1 saturated heterocycles. The average molecular weight is 482 g/mol. The van der Waals surface area contributed by atoms with Gasteiger partial charge in [0.2, 0.25) is 5.88 Å². The molecular formula is C26H32FN5O3. The minimum Gasteiger partial charge on any atom is -0.494 e. The molecular weight excluding hydrogens is 449 g/mol. The van der Waals surface area contributed by atoms with Crippen LogP contribution in [0.2, 0.25) is 0 Å². The van der Waals surface area contributed by atoms with Crippen LogP contribution in [-0.2, 0) is 11.3 Å². The first-order valence-electron chi connectivity index (χ1n) is 11.9. The van der Waals surface area contributed by atoms with Gasteiger partial charge in [0.25, 0.3) is 0 Å². The Morgan fingerprint density at radius 3 is 2.57 bits per heavy atom. The van der Waals surface area contributed by atoms with Crippen molar-refractivity contribution in [3.63, 3.8) is 0 Å². The van der Waals surface area contributed by atoms with E-state index in [9.17, 15) is 9.18 Å². The zero-order valence-electron chi connectivity index (χ0n) is 20.7. The molecule has 3 heterocycles. The predicted molar refractivity (Wildman–Crippen MR) is 131 cm³/mol. The lowest BCUT2D eigenvalue weighted by atomic mass is 9.91. The third-order valence-corrected chi connectivity index (χ3v) is 6.47. The van der Waals surface area contributed by atoms with Crippen molar-refractivity contribution < 1.29 is 18.7 Å². The van der Waals surface area contributed by atoms with Crippen molar-refractivity contribution in [3.05, 3.63) is 48.2 Å². The maximum absolute atomic E-state index is 13.8. The molecule has 0 radical (unpaired) electrons. The molecule has 0 unspecified atom stereocenters. The molecule has 0 atom stereocenters. The van der Waals surface area contributed by atoms with E-state index in [1.54, 1.807) is 23.9 Å². The normalized spacial score (nSPS) is 14.4. The molecule has 0 saturated carbocycles. The van der Waals surface area contributed by atoms with Crippen LogP contribution < -0.4 is 14.4 Å². The Bertz CT molecular complexity index is 1170. The molecule has 3 aromatic rings. The highest BCUT2D eigenvalue weighted by Gasteiger charge is 2.24. The summed E-state index contributed by atoms with van der Waals surface area (Å²) < 4.78 is 25.9. The fourth-order valence-corrected chi connectivity index (χ4v) is 4.52. The van der Waals surface area contributed by atoms with Crippen molar-refractivity contribution in [1.29, 1.82) is 0 Å². The molecule has 35 heavy (non-hydrogen) atoms. The molecule has 1 aliphatic rings. The van der Waals surface area contributed by atoms with Crippen LogP contribution in [0.1, 0.15) is 44.7 Å². The SMILES string of the molecule is COc1cc(N2CCC(CC(=O)Cn3nc(-c4ccc(F)c(OC)c4)cc3C(C)C)CC2)ncn1. The van der Waals surface area contributed by atoms with Crippen molar-refractivity contribution in [2.24, 2.45) is 5.92 Å². The van der Waals surface area contributed by atoms with Crippen LogP contribution in [0.15, 0.2) is 36.7 Å². The highest BCUT2D eigenvalue weighted by atomic mass is 19.1. The molecule has 1 aromatic carbocycles. The number of ketones is 1. The van der Waals surface area contributed by atoms with Gasteiger partial charge in [-0.3, -0.25) is 9.48 Å². The van der Waals surface area contributed by atoms with E-state index >= 15 is 0 Å². The van der Waals surface area contributed by atoms with Gasteiger partial charge in [-0.2, -0.15) is 5.10 Å². The van der Waals surface area contributed by atoms with Crippen LogP contribution in [-0.4, -0.2) is 52.8 Å². The molecule has 4 rings (SSSR count). The summed E-state index contributed by atoms with van der Waals surface area (Å²) in [6.07, 6.45) is 3.89. The summed E-state index contributed by atoms with van der Waals surface area (Å²) in [4.78, 5) is 23.6. The number of Topliss-reactive ketones (excluding diaryl/α,β-unsaturated/α-hetero) is 1. The second-order valence-corrected chi connectivity index (χ2v) is 9.21. The molecule has 0 spiro atoms.